The number of hydrogen-bond donors (Lipinski definition) is 0. The molecule has 206 valence electrons. The number of hydrogen-bond acceptors (Lipinski definition) is 4. The van der Waals surface area contributed by atoms with Crippen LogP contribution in [0.15, 0.2) is 90.3 Å². The monoisotopic (exact) mass is 552 g/mol. The highest BCUT2D eigenvalue weighted by Crippen LogP contribution is 2.38. The third-order valence-corrected chi connectivity index (χ3v) is 8.45. The number of fused-ring (bicyclic) bond motifs is 1. The van der Waals surface area contributed by atoms with E-state index in [0.717, 1.165) is 23.1 Å². The molecule has 1 aromatic heterocycles. The zero-order valence-electron chi connectivity index (χ0n) is 23.2. The van der Waals surface area contributed by atoms with Crippen LogP contribution in [0.3, 0.4) is 0 Å². The smallest absolute Gasteiger partial charge is 0.254 e. The van der Waals surface area contributed by atoms with Crippen LogP contribution in [0.4, 0.5) is 0 Å². The van der Waals surface area contributed by atoms with Gasteiger partial charge in [0, 0.05) is 36.7 Å². The van der Waals surface area contributed by atoms with Gasteiger partial charge in [0.05, 0.1) is 6.04 Å². The van der Waals surface area contributed by atoms with Crippen LogP contribution in [0.5, 0.6) is 0 Å². The first-order valence-electron chi connectivity index (χ1n) is 14.0. The molecule has 40 heavy (non-hydrogen) atoms. The molecule has 1 atom stereocenters. The third-order valence-electron chi connectivity index (χ3n) is 7.45. The lowest BCUT2D eigenvalue weighted by Crippen LogP contribution is -2.47. The van der Waals surface area contributed by atoms with Gasteiger partial charge in [0.1, 0.15) is 6.54 Å². The SMILES string of the molecule is CCOCCCN(CC(=O)N1CCc2sccc2[C@H]1c1ccc(C)cc1)C(=O)c1ccc(-c2ccccc2)cc1. The number of aryl methyl sites for hydroxylation is 1. The third kappa shape index (κ3) is 6.35. The van der Waals surface area contributed by atoms with Gasteiger partial charge in [0.15, 0.2) is 0 Å². The summed E-state index contributed by atoms with van der Waals surface area (Å²) in [6.07, 6.45) is 1.51. The Balaban J connectivity index is 1.37. The van der Waals surface area contributed by atoms with Gasteiger partial charge in [-0.05, 0) is 72.5 Å². The van der Waals surface area contributed by atoms with E-state index in [0.29, 0.717) is 38.3 Å². The lowest BCUT2D eigenvalue weighted by Gasteiger charge is -2.37. The predicted molar refractivity (Wildman–Crippen MR) is 162 cm³/mol. The number of amides is 2. The van der Waals surface area contributed by atoms with Gasteiger partial charge in [-0.2, -0.15) is 0 Å². The number of ether oxygens (including phenoxy) is 1. The lowest BCUT2D eigenvalue weighted by atomic mass is 9.92. The number of carbonyl (C=O) groups is 2. The Labute approximate surface area is 241 Å². The van der Waals surface area contributed by atoms with Crippen LogP contribution in [0.2, 0.25) is 0 Å². The Kier molecular flexibility index (Phi) is 9.09. The zero-order valence-corrected chi connectivity index (χ0v) is 24.0. The minimum Gasteiger partial charge on any atom is -0.382 e. The van der Waals surface area contributed by atoms with Gasteiger partial charge in [-0.15, -0.1) is 11.3 Å². The molecule has 2 heterocycles. The first kappa shape index (κ1) is 27.8. The molecular formula is C34H36N2O3S. The average Bonchev–Trinajstić information content (AvgIpc) is 3.48. The van der Waals surface area contributed by atoms with Gasteiger partial charge < -0.3 is 14.5 Å². The second kappa shape index (κ2) is 13.1. The van der Waals surface area contributed by atoms with Crippen molar-refractivity contribution < 1.29 is 14.3 Å². The molecule has 0 bridgehead atoms. The highest BCUT2D eigenvalue weighted by Gasteiger charge is 2.34. The van der Waals surface area contributed by atoms with Crippen molar-refractivity contribution in [3.8, 4) is 11.1 Å². The van der Waals surface area contributed by atoms with Crippen molar-refractivity contribution in [1.29, 1.82) is 0 Å². The largest absolute Gasteiger partial charge is 0.382 e. The van der Waals surface area contributed by atoms with Crippen molar-refractivity contribution in [2.24, 2.45) is 0 Å². The quantitative estimate of drug-likeness (QED) is 0.204. The van der Waals surface area contributed by atoms with Gasteiger partial charge in [-0.25, -0.2) is 0 Å². The molecule has 0 aliphatic carbocycles. The Morgan fingerprint density at radius 2 is 1.68 bits per heavy atom. The molecule has 5 rings (SSSR count). The molecule has 1 aliphatic heterocycles. The van der Waals surface area contributed by atoms with E-state index in [1.165, 1.54) is 16.0 Å². The molecule has 0 radical (unpaired) electrons. The Hall–Kier alpha value is -3.74. The number of nitrogens with zero attached hydrogens (tertiary/aromatic N) is 2. The van der Waals surface area contributed by atoms with E-state index in [1.807, 2.05) is 54.3 Å². The van der Waals surface area contributed by atoms with Crippen LogP contribution < -0.4 is 0 Å². The van der Waals surface area contributed by atoms with E-state index in [-0.39, 0.29) is 24.4 Å². The molecule has 0 unspecified atom stereocenters. The molecule has 2 amide bonds. The molecule has 0 saturated heterocycles. The Bertz CT molecular complexity index is 1410. The van der Waals surface area contributed by atoms with Crippen LogP contribution in [-0.4, -0.2) is 54.5 Å². The summed E-state index contributed by atoms with van der Waals surface area (Å²) < 4.78 is 5.54. The fraction of sp³-hybridized carbons (Fsp3) is 0.294. The second-order valence-electron chi connectivity index (χ2n) is 10.2. The van der Waals surface area contributed by atoms with E-state index >= 15 is 0 Å². The fourth-order valence-electron chi connectivity index (χ4n) is 5.32. The summed E-state index contributed by atoms with van der Waals surface area (Å²) in [4.78, 5) is 32.7. The highest BCUT2D eigenvalue weighted by molar-refractivity contribution is 7.10. The van der Waals surface area contributed by atoms with Crippen molar-refractivity contribution in [3.05, 3.63) is 117 Å². The molecule has 5 nitrogen and oxygen atoms in total. The maximum absolute atomic E-state index is 14.0. The molecule has 6 heteroatoms. The summed E-state index contributed by atoms with van der Waals surface area (Å²) in [6.45, 7) is 6.34. The lowest BCUT2D eigenvalue weighted by molar-refractivity contribution is -0.134. The van der Waals surface area contributed by atoms with Crippen molar-refractivity contribution in [1.82, 2.24) is 9.80 Å². The first-order chi connectivity index (χ1) is 19.5. The molecule has 3 aromatic carbocycles. The molecular weight excluding hydrogens is 516 g/mol. The number of rotatable bonds is 10. The Morgan fingerprint density at radius 3 is 2.40 bits per heavy atom. The van der Waals surface area contributed by atoms with Crippen LogP contribution in [0.1, 0.15) is 51.3 Å². The fourth-order valence-corrected chi connectivity index (χ4v) is 6.22. The summed E-state index contributed by atoms with van der Waals surface area (Å²) in [6, 6.07) is 28.2. The van der Waals surface area contributed by atoms with Gasteiger partial charge in [0.25, 0.3) is 5.91 Å². The summed E-state index contributed by atoms with van der Waals surface area (Å²) in [5.41, 5.74) is 6.22. The second-order valence-corrected chi connectivity index (χ2v) is 11.2. The minimum atomic E-state index is -0.145. The maximum Gasteiger partial charge on any atom is 0.254 e. The van der Waals surface area contributed by atoms with E-state index in [1.54, 1.807) is 16.2 Å². The molecule has 1 aliphatic rings. The van der Waals surface area contributed by atoms with Crippen molar-refractivity contribution in [3.63, 3.8) is 0 Å². The summed E-state index contributed by atoms with van der Waals surface area (Å²) in [7, 11) is 0. The van der Waals surface area contributed by atoms with Gasteiger partial charge in [0.2, 0.25) is 5.91 Å². The van der Waals surface area contributed by atoms with E-state index in [4.69, 9.17) is 4.74 Å². The molecule has 0 N–H and O–H groups in total. The topological polar surface area (TPSA) is 49.9 Å². The van der Waals surface area contributed by atoms with E-state index < -0.39 is 0 Å². The first-order valence-corrected chi connectivity index (χ1v) is 14.9. The van der Waals surface area contributed by atoms with Gasteiger partial charge in [-0.1, -0.05) is 72.3 Å². The number of carbonyl (C=O) groups excluding carboxylic acids is 2. The zero-order chi connectivity index (χ0) is 27.9. The average molecular weight is 553 g/mol. The van der Waals surface area contributed by atoms with Crippen molar-refractivity contribution in [2.75, 3.05) is 32.8 Å². The summed E-state index contributed by atoms with van der Waals surface area (Å²) in [5, 5.41) is 2.11. The number of thiophene rings is 1. The van der Waals surface area contributed by atoms with Crippen LogP contribution in [0, 0.1) is 6.92 Å². The minimum absolute atomic E-state index is 0.0342. The van der Waals surface area contributed by atoms with Crippen LogP contribution in [0.25, 0.3) is 11.1 Å². The summed E-state index contributed by atoms with van der Waals surface area (Å²) >= 11 is 1.76. The summed E-state index contributed by atoms with van der Waals surface area (Å²) in [5.74, 6) is -0.169. The van der Waals surface area contributed by atoms with Gasteiger partial charge >= 0.3 is 0 Å². The standard InChI is InChI=1S/C34H36N2O3S/c1-3-39-22-7-20-35(34(38)29-16-14-27(15-17-29)26-8-5-4-6-9-26)24-32(37)36-21-18-31-30(19-23-40-31)33(36)28-12-10-25(2)11-13-28/h4-6,8-17,19,23,33H,3,7,18,20-22,24H2,1-2H3/t33-/m1/s1. The molecule has 0 fully saturated rings. The highest BCUT2D eigenvalue weighted by atomic mass is 32.1. The molecule has 0 spiro atoms. The van der Waals surface area contributed by atoms with Gasteiger partial charge in [-0.3, -0.25) is 9.59 Å². The number of benzene rings is 3. The molecule has 0 saturated carbocycles. The predicted octanol–water partition coefficient (Wildman–Crippen LogP) is 6.77. The molecule has 4 aromatic rings. The van der Waals surface area contributed by atoms with Crippen molar-refractivity contribution >= 4 is 23.2 Å². The normalized spacial score (nSPS) is 14.6. The van der Waals surface area contributed by atoms with Crippen LogP contribution in [-0.2, 0) is 16.0 Å². The van der Waals surface area contributed by atoms with E-state index in [9.17, 15) is 9.59 Å². The van der Waals surface area contributed by atoms with Crippen molar-refractivity contribution in [2.45, 2.75) is 32.7 Å². The maximum atomic E-state index is 14.0. The van der Waals surface area contributed by atoms with Crippen LogP contribution >= 0.6 is 11.3 Å². The Morgan fingerprint density at radius 1 is 0.950 bits per heavy atom. The van der Waals surface area contributed by atoms with E-state index in [2.05, 4.69) is 54.8 Å².